The van der Waals surface area contributed by atoms with Crippen LogP contribution in [0.25, 0.3) is 10.8 Å². The van der Waals surface area contributed by atoms with E-state index >= 15 is 0 Å². The molecule has 0 spiro atoms. The molecular weight excluding hydrogens is 518 g/mol. The Morgan fingerprint density at radius 1 is 0.878 bits per heavy atom. The molecule has 0 aliphatic heterocycles. The van der Waals surface area contributed by atoms with Gasteiger partial charge in [0.1, 0.15) is 17.7 Å². The summed E-state index contributed by atoms with van der Waals surface area (Å²) in [6.07, 6.45) is 0.624. The summed E-state index contributed by atoms with van der Waals surface area (Å²) in [6, 6.07) is 19.9. The molecule has 0 heterocycles. The number of alkyl carbamates (subject to hydrolysis) is 1. The zero-order valence-corrected chi connectivity index (χ0v) is 24.9. The first-order valence-electron chi connectivity index (χ1n) is 14.2. The van der Waals surface area contributed by atoms with E-state index in [1.54, 1.807) is 32.9 Å². The second-order valence-electron chi connectivity index (χ2n) is 11.8. The standard InChI is InChI=1S/C33H43N3O5/c1-22(2)16-17-23(3)36(31(39)28(21-37)35-32(40)41-33(4,5)6)29(25-13-8-7-9-14-25)30(38)34-27-19-18-24-12-10-11-15-26(24)20-27/h7-15,18-20,22-23,28-29,37H,16-17,21H2,1-6H3,(H,34,38)(H,35,40). The molecule has 0 radical (unpaired) electrons. The number of nitrogens with zero attached hydrogens (tertiary/aromatic N) is 1. The highest BCUT2D eigenvalue weighted by Gasteiger charge is 2.38. The smallest absolute Gasteiger partial charge is 0.408 e. The number of carbonyl (C=O) groups excluding carboxylic acids is 3. The monoisotopic (exact) mass is 561 g/mol. The van der Waals surface area contributed by atoms with Crippen molar-refractivity contribution in [1.82, 2.24) is 10.2 Å². The summed E-state index contributed by atoms with van der Waals surface area (Å²) < 4.78 is 5.33. The molecule has 3 N–H and O–H groups in total. The molecule has 3 amide bonds. The highest BCUT2D eigenvalue weighted by Crippen LogP contribution is 2.29. The van der Waals surface area contributed by atoms with Crippen molar-refractivity contribution < 1.29 is 24.2 Å². The number of anilines is 1. The summed E-state index contributed by atoms with van der Waals surface area (Å²) in [6.45, 7) is 10.6. The van der Waals surface area contributed by atoms with Crippen molar-refractivity contribution in [3.63, 3.8) is 0 Å². The molecule has 0 fully saturated rings. The molecule has 0 aliphatic rings. The number of hydrogen-bond acceptors (Lipinski definition) is 5. The molecule has 0 bridgehead atoms. The van der Waals surface area contributed by atoms with Crippen LogP contribution in [-0.4, -0.2) is 52.2 Å². The van der Waals surface area contributed by atoms with Gasteiger partial charge in [0.25, 0.3) is 5.91 Å². The van der Waals surface area contributed by atoms with Crippen LogP contribution in [0, 0.1) is 5.92 Å². The van der Waals surface area contributed by atoms with Crippen molar-refractivity contribution in [3.8, 4) is 0 Å². The van der Waals surface area contributed by atoms with Crippen LogP contribution in [0.4, 0.5) is 10.5 Å². The lowest BCUT2D eigenvalue weighted by atomic mass is 9.97. The van der Waals surface area contributed by atoms with Crippen LogP contribution in [0.5, 0.6) is 0 Å². The molecule has 3 aromatic rings. The Kier molecular flexibility index (Phi) is 10.9. The summed E-state index contributed by atoms with van der Waals surface area (Å²) in [5, 5.41) is 17.7. The van der Waals surface area contributed by atoms with Crippen molar-refractivity contribution in [3.05, 3.63) is 78.4 Å². The van der Waals surface area contributed by atoms with Gasteiger partial charge in [-0.2, -0.15) is 0 Å². The van der Waals surface area contributed by atoms with Crippen molar-refractivity contribution in [2.75, 3.05) is 11.9 Å². The molecule has 0 saturated carbocycles. The number of nitrogens with one attached hydrogen (secondary N) is 2. The number of amides is 3. The Hall–Kier alpha value is -3.91. The highest BCUT2D eigenvalue weighted by molar-refractivity contribution is 6.00. The van der Waals surface area contributed by atoms with Crippen molar-refractivity contribution in [2.45, 2.75) is 78.1 Å². The van der Waals surface area contributed by atoms with Crippen LogP contribution in [0.2, 0.25) is 0 Å². The molecule has 3 aromatic carbocycles. The molecule has 41 heavy (non-hydrogen) atoms. The van der Waals surface area contributed by atoms with Crippen LogP contribution < -0.4 is 10.6 Å². The summed E-state index contributed by atoms with van der Waals surface area (Å²) >= 11 is 0. The van der Waals surface area contributed by atoms with Gasteiger partial charge in [0.15, 0.2) is 0 Å². The van der Waals surface area contributed by atoms with Gasteiger partial charge in [-0.25, -0.2) is 4.79 Å². The SMILES string of the molecule is CC(C)CCC(C)N(C(=O)C(CO)NC(=O)OC(C)(C)C)C(C(=O)Nc1ccc2ccccc2c1)c1ccccc1. The lowest BCUT2D eigenvalue weighted by Gasteiger charge is -2.38. The van der Waals surface area contributed by atoms with Gasteiger partial charge in [-0.3, -0.25) is 9.59 Å². The van der Waals surface area contributed by atoms with Crippen LogP contribution in [-0.2, 0) is 14.3 Å². The lowest BCUT2D eigenvalue weighted by Crippen LogP contribution is -2.56. The molecule has 8 heteroatoms. The van der Waals surface area contributed by atoms with Crippen molar-refractivity contribution in [2.24, 2.45) is 5.92 Å². The van der Waals surface area contributed by atoms with Gasteiger partial charge < -0.3 is 25.4 Å². The third kappa shape index (κ3) is 9.05. The fourth-order valence-corrected chi connectivity index (χ4v) is 4.68. The zero-order chi connectivity index (χ0) is 30.2. The Bertz CT molecular complexity index is 1320. The van der Waals surface area contributed by atoms with E-state index in [1.165, 1.54) is 4.90 Å². The maximum atomic E-state index is 14.1. The average molecular weight is 562 g/mol. The van der Waals surface area contributed by atoms with Gasteiger partial charge in [0.2, 0.25) is 5.91 Å². The van der Waals surface area contributed by atoms with Crippen LogP contribution in [0.1, 0.15) is 66.0 Å². The fraction of sp³-hybridized carbons (Fsp3) is 0.424. The van der Waals surface area contributed by atoms with E-state index in [2.05, 4.69) is 24.5 Å². The predicted octanol–water partition coefficient (Wildman–Crippen LogP) is 6.06. The van der Waals surface area contributed by atoms with Gasteiger partial charge in [0.05, 0.1) is 6.61 Å². The first-order chi connectivity index (χ1) is 19.4. The van der Waals surface area contributed by atoms with Crippen LogP contribution >= 0.6 is 0 Å². The summed E-state index contributed by atoms with van der Waals surface area (Å²) in [5.41, 5.74) is 0.427. The van der Waals surface area contributed by atoms with Gasteiger partial charge >= 0.3 is 6.09 Å². The molecule has 3 atom stereocenters. The maximum absolute atomic E-state index is 14.1. The maximum Gasteiger partial charge on any atom is 0.408 e. The zero-order valence-electron chi connectivity index (χ0n) is 24.9. The number of aliphatic hydroxyl groups is 1. The van der Waals surface area contributed by atoms with E-state index in [4.69, 9.17) is 4.74 Å². The minimum Gasteiger partial charge on any atom is -0.444 e. The third-order valence-corrected chi connectivity index (χ3v) is 6.72. The molecular formula is C33H43N3O5. The Morgan fingerprint density at radius 3 is 2.12 bits per heavy atom. The molecule has 0 aromatic heterocycles. The molecule has 220 valence electrons. The van der Waals surface area contributed by atoms with Gasteiger partial charge in [-0.15, -0.1) is 0 Å². The van der Waals surface area contributed by atoms with Crippen LogP contribution in [0.3, 0.4) is 0 Å². The molecule has 3 rings (SSSR count). The highest BCUT2D eigenvalue weighted by atomic mass is 16.6. The summed E-state index contributed by atoms with van der Waals surface area (Å²) in [4.78, 5) is 42.3. The van der Waals surface area contributed by atoms with Gasteiger partial charge in [0, 0.05) is 11.7 Å². The van der Waals surface area contributed by atoms with E-state index < -0.39 is 42.2 Å². The molecule has 8 nitrogen and oxygen atoms in total. The van der Waals surface area contributed by atoms with Gasteiger partial charge in [-0.05, 0) is 74.9 Å². The van der Waals surface area contributed by atoms with Crippen LogP contribution in [0.15, 0.2) is 72.8 Å². The van der Waals surface area contributed by atoms with E-state index in [0.29, 0.717) is 23.6 Å². The third-order valence-electron chi connectivity index (χ3n) is 6.72. The normalized spacial score (nSPS) is 13.8. The van der Waals surface area contributed by atoms with E-state index in [1.807, 2.05) is 67.6 Å². The van der Waals surface area contributed by atoms with E-state index in [0.717, 1.165) is 17.2 Å². The Morgan fingerprint density at radius 2 is 1.51 bits per heavy atom. The number of carbonyl (C=O) groups is 3. The molecule has 3 unspecified atom stereocenters. The van der Waals surface area contributed by atoms with Crippen molar-refractivity contribution >= 4 is 34.4 Å². The Labute approximate surface area is 243 Å². The number of aliphatic hydroxyl groups excluding tert-OH is 1. The van der Waals surface area contributed by atoms with Crippen molar-refractivity contribution in [1.29, 1.82) is 0 Å². The number of rotatable bonds is 11. The Balaban J connectivity index is 2.01. The number of hydrogen-bond donors (Lipinski definition) is 3. The lowest BCUT2D eigenvalue weighted by molar-refractivity contribution is -0.144. The second kappa shape index (κ2) is 14.1. The molecule has 0 aliphatic carbocycles. The number of fused-ring (bicyclic) bond motifs is 1. The first kappa shape index (κ1) is 31.6. The van der Waals surface area contributed by atoms with E-state index in [9.17, 15) is 19.5 Å². The minimum atomic E-state index is -1.30. The fourth-order valence-electron chi connectivity index (χ4n) is 4.68. The quantitative estimate of drug-likeness (QED) is 0.264. The summed E-state index contributed by atoms with van der Waals surface area (Å²) in [5.74, 6) is -0.591. The number of ether oxygens (including phenoxy) is 1. The average Bonchev–Trinajstić information content (AvgIpc) is 2.92. The topological polar surface area (TPSA) is 108 Å². The first-order valence-corrected chi connectivity index (χ1v) is 14.2. The second-order valence-corrected chi connectivity index (χ2v) is 11.8. The predicted molar refractivity (Wildman–Crippen MR) is 162 cm³/mol. The summed E-state index contributed by atoms with van der Waals surface area (Å²) in [7, 11) is 0. The molecule has 0 saturated heterocycles. The number of benzene rings is 3. The minimum absolute atomic E-state index is 0.379. The van der Waals surface area contributed by atoms with Gasteiger partial charge in [-0.1, -0.05) is 74.5 Å². The largest absolute Gasteiger partial charge is 0.444 e. The van der Waals surface area contributed by atoms with E-state index in [-0.39, 0.29) is 6.04 Å².